The molecule has 21 heavy (non-hydrogen) atoms. The van der Waals surface area contributed by atoms with Gasteiger partial charge in [0.15, 0.2) is 0 Å². The van der Waals surface area contributed by atoms with Gasteiger partial charge >= 0.3 is 12.0 Å². The lowest BCUT2D eigenvalue weighted by Crippen LogP contribution is -2.47. The van der Waals surface area contributed by atoms with Crippen molar-refractivity contribution in [3.05, 3.63) is 0 Å². The molecule has 2 aliphatic rings. The molecule has 120 valence electrons. The summed E-state index contributed by atoms with van der Waals surface area (Å²) in [6, 6.07) is 0.442. The number of urea groups is 1. The molecular weight excluding hydrogens is 274 g/mol. The molecule has 7 heteroatoms. The molecule has 2 amide bonds. The maximum Gasteiger partial charge on any atom is 0.320 e. The highest BCUT2D eigenvalue weighted by atomic mass is 16.5. The number of nitrogens with zero attached hydrogens (tertiary/aromatic N) is 3. The van der Waals surface area contributed by atoms with E-state index in [4.69, 9.17) is 9.84 Å². The van der Waals surface area contributed by atoms with Crippen LogP contribution in [0.4, 0.5) is 4.79 Å². The topological polar surface area (TPSA) is 73.3 Å². The maximum atomic E-state index is 12.6. The summed E-state index contributed by atoms with van der Waals surface area (Å²) in [4.78, 5) is 29.1. The fourth-order valence-corrected chi connectivity index (χ4v) is 2.70. The molecule has 1 aliphatic carbocycles. The van der Waals surface area contributed by atoms with Crippen LogP contribution in [-0.2, 0) is 9.53 Å². The van der Waals surface area contributed by atoms with Crippen LogP contribution >= 0.6 is 0 Å². The molecule has 1 N–H and O–H groups in total. The number of carboxylic acid groups (broad SMARTS) is 1. The molecule has 0 aromatic heterocycles. The Kier molecular flexibility index (Phi) is 5.81. The van der Waals surface area contributed by atoms with Crippen LogP contribution in [0.15, 0.2) is 0 Å². The van der Waals surface area contributed by atoms with Crippen molar-refractivity contribution in [2.75, 3.05) is 53.0 Å². The first-order chi connectivity index (χ1) is 10.1. The zero-order chi connectivity index (χ0) is 15.2. The summed E-state index contributed by atoms with van der Waals surface area (Å²) in [5, 5.41) is 8.85. The average Bonchev–Trinajstić information content (AvgIpc) is 3.26. The van der Waals surface area contributed by atoms with Gasteiger partial charge in [0.1, 0.15) is 0 Å². The van der Waals surface area contributed by atoms with Crippen LogP contribution in [0.3, 0.4) is 0 Å². The van der Waals surface area contributed by atoms with E-state index in [2.05, 4.69) is 0 Å². The van der Waals surface area contributed by atoms with Crippen molar-refractivity contribution in [3.8, 4) is 0 Å². The smallest absolute Gasteiger partial charge is 0.320 e. The molecule has 0 atom stereocenters. The molecular formula is C14H25N3O4. The van der Waals surface area contributed by atoms with Crippen LogP contribution < -0.4 is 0 Å². The molecule has 0 aromatic carbocycles. The molecule has 1 saturated carbocycles. The number of hydrogen-bond donors (Lipinski definition) is 1. The number of amides is 2. The number of hydrogen-bond acceptors (Lipinski definition) is 4. The molecule has 0 bridgehead atoms. The van der Waals surface area contributed by atoms with E-state index in [9.17, 15) is 9.59 Å². The predicted octanol–water partition coefficient (Wildman–Crippen LogP) is 0.310. The van der Waals surface area contributed by atoms with Gasteiger partial charge in [0.05, 0.1) is 13.2 Å². The molecule has 2 rings (SSSR count). The summed E-state index contributed by atoms with van der Waals surface area (Å²) in [5.41, 5.74) is 0. The van der Waals surface area contributed by atoms with Crippen molar-refractivity contribution in [1.29, 1.82) is 0 Å². The van der Waals surface area contributed by atoms with Gasteiger partial charge in [0, 0.05) is 45.9 Å². The van der Waals surface area contributed by atoms with Crippen LogP contribution in [-0.4, -0.2) is 90.8 Å². The Balaban J connectivity index is 1.87. The van der Waals surface area contributed by atoms with E-state index in [1.54, 1.807) is 7.11 Å². The first kappa shape index (κ1) is 16.0. The second-order valence-corrected chi connectivity index (χ2v) is 5.71. The molecule has 0 radical (unpaired) electrons. The van der Waals surface area contributed by atoms with Crippen molar-refractivity contribution in [2.45, 2.75) is 25.3 Å². The van der Waals surface area contributed by atoms with E-state index in [-0.39, 0.29) is 12.6 Å². The van der Waals surface area contributed by atoms with E-state index in [1.165, 1.54) is 0 Å². The lowest BCUT2D eigenvalue weighted by molar-refractivity contribution is -0.138. The lowest BCUT2D eigenvalue weighted by atomic mass is 10.4. The van der Waals surface area contributed by atoms with Crippen LogP contribution in [0.1, 0.15) is 19.3 Å². The largest absolute Gasteiger partial charge is 0.480 e. The minimum atomic E-state index is -0.811. The summed E-state index contributed by atoms with van der Waals surface area (Å²) in [5.74, 6) is -0.811. The van der Waals surface area contributed by atoms with Gasteiger partial charge in [-0.15, -0.1) is 0 Å². The highest BCUT2D eigenvalue weighted by molar-refractivity contribution is 5.75. The molecule has 0 unspecified atom stereocenters. The van der Waals surface area contributed by atoms with Gasteiger partial charge in [-0.2, -0.15) is 0 Å². The minimum absolute atomic E-state index is 0.0536. The summed E-state index contributed by atoms with van der Waals surface area (Å²) < 4.78 is 5.09. The van der Waals surface area contributed by atoms with E-state index < -0.39 is 5.97 Å². The number of rotatable bonds is 6. The van der Waals surface area contributed by atoms with Crippen molar-refractivity contribution in [2.24, 2.45) is 0 Å². The predicted molar refractivity (Wildman–Crippen MR) is 77.3 cm³/mol. The molecule has 1 aliphatic heterocycles. The quantitative estimate of drug-likeness (QED) is 0.764. The van der Waals surface area contributed by atoms with Gasteiger partial charge in [-0.25, -0.2) is 4.79 Å². The number of carbonyl (C=O) groups is 2. The Morgan fingerprint density at radius 1 is 1.24 bits per heavy atom. The number of carbonyl (C=O) groups excluding carboxylic acids is 1. The van der Waals surface area contributed by atoms with Crippen molar-refractivity contribution in [3.63, 3.8) is 0 Å². The normalized spacial score (nSPS) is 20.1. The third-order valence-electron chi connectivity index (χ3n) is 3.99. The standard InChI is InChI=1S/C14H25N3O4/c1-21-10-9-17(12-3-4-12)14(20)16-6-2-5-15(7-8-16)11-13(18)19/h12H,2-11H2,1H3,(H,18,19). The van der Waals surface area contributed by atoms with Gasteiger partial charge in [-0.1, -0.05) is 0 Å². The van der Waals surface area contributed by atoms with Crippen molar-refractivity contribution in [1.82, 2.24) is 14.7 Å². The average molecular weight is 299 g/mol. The van der Waals surface area contributed by atoms with Crippen molar-refractivity contribution < 1.29 is 19.4 Å². The summed E-state index contributed by atoms with van der Waals surface area (Å²) in [6.07, 6.45) is 2.98. The summed E-state index contributed by atoms with van der Waals surface area (Å²) in [7, 11) is 1.64. The van der Waals surface area contributed by atoms with Crippen LogP contribution in [0.2, 0.25) is 0 Å². The highest BCUT2D eigenvalue weighted by Crippen LogP contribution is 2.27. The summed E-state index contributed by atoms with van der Waals surface area (Å²) in [6.45, 7) is 3.90. The van der Waals surface area contributed by atoms with Crippen molar-refractivity contribution >= 4 is 12.0 Å². The molecule has 7 nitrogen and oxygen atoms in total. The second kappa shape index (κ2) is 7.61. The Morgan fingerprint density at radius 2 is 2.00 bits per heavy atom. The molecule has 0 aromatic rings. The number of carboxylic acids is 1. The van der Waals surface area contributed by atoms with Crippen LogP contribution in [0.5, 0.6) is 0 Å². The third kappa shape index (κ3) is 4.86. The molecule has 0 spiro atoms. The second-order valence-electron chi connectivity index (χ2n) is 5.71. The Hall–Kier alpha value is -1.34. The fourth-order valence-electron chi connectivity index (χ4n) is 2.70. The number of ether oxygens (including phenoxy) is 1. The Labute approximate surface area is 125 Å². The van der Waals surface area contributed by atoms with E-state index in [0.717, 1.165) is 25.8 Å². The van der Waals surface area contributed by atoms with Crippen LogP contribution in [0, 0.1) is 0 Å². The van der Waals surface area contributed by atoms with Gasteiger partial charge in [0.25, 0.3) is 0 Å². The van der Waals surface area contributed by atoms with E-state index >= 15 is 0 Å². The number of aliphatic carboxylic acids is 1. The highest BCUT2D eigenvalue weighted by Gasteiger charge is 2.35. The molecule has 1 saturated heterocycles. The van der Waals surface area contributed by atoms with Gasteiger partial charge < -0.3 is 19.6 Å². The first-order valence-corrected chi connectivity index (χ1v) is 7.60. The first-order valence-electron chi connectivity index (χ1n) is 7.60. The zero-order valence-corrected chi connectivity index (χ0v) is 12.7. The minimum Gasteiger partial charge on any atom is -0.480 e. The van der Waals surface area contributed by atoms with Gasteiger partial charge in [-0.3, -0.25) is 9.69 Å². The molecule has 1 heterocycles. The number of methoxy groups -OCH3 is 1. The SMILES string of the molecule is COCCN(C(=O)N1CCCN(CC(=O)O)CC1)C1CC1. The van der Waals surface area contributed by atoms with Gasteiger partial charge in [-0.05, 0) is 19.3 Å². The maximum absolute atomic E-state index is 12.6. The van der Waals surface area contributed by atoms with Crippen LogP contribution in [0.25, 0.3) is 0 Å². The fraction of sp³-hybridized carbons (Fsp3) is 0.857. The molecule has 2 fully saturated rings. The zero-order valence-electron chi connectivity index (χ0n) is 12.7. The Bertz CT molecular complexity index is 373. The summed E-state index contributed by atoms with van der Waals surface area (Å²) >= 11 is 0. The van der Waals surface area contributed by atoms with E-state index in [0.29, 0.717) is 38.8 Å². The third-order valence-corrected chi connectivity index (χ3v) is 3.99. The lowest BCUT2D eigenvalue weighted by Gasteiger charge is -2.30. The van der Waals surface area contributed by atoms with Gasteiger partial charge in [0.2, 0.25) is 0 Å². The monoisotopic (exact) mass is 299 g/mol. The van der Waals surface area contributed by atoms with E-state index in [1.807, 2.05) is 14.7 Å². The Morgan fingerprint density at radius 3 is 2.62 bits per heavy atom.